The number of hydrogen-bond acceptors (Lipinski definition) is 4. The number of hydrogen-bond donors (Lipinski definition) is 1. The topological polar surface area (TPSA) is 64.6 Å². The van der Waals surface area contributed by atoms with Gasteiger partial charge in [0.25, 0.3) is 0 Å². The second-order valence-electron chi connectivity index (χ2n) is 5.23. The van der Waals surface area contributed by atoms with E-state index in [9.17, 15) is 9.36 Å². The van der Waals surface area contributed by atoms with E-state index in [0.717, 1.165) is 4.47 Å². The Bertz CT molecular complexity index is 518. The molecule has 7 heteroatoms. The molecule has 1 N–H and O–H groups in total. The van der Waals surface area contributed by atoms with Crippen molar-refractivity contribution in [2.45, 2.75) is 26.3 Å². The van der Waals surface area contributed by atoms with Crippen LogP contribution in [0.15, 0.2) is 28.7 Å². The summed E-state index contributed by atoms with van der Waals surface area (Å²) in [6.07, 6.45) is 0.522. The average Bonchev–Trinajstić information content (AvgIpc) is 2.38. The van der Waals surface area contributed by atoms with Crippen molar-refractivity contribution < 1.29 is 18.6 Å². The second-order valence-corrected chi connectivity index (χ2v) is 8.27. The Morgan fingerprint density at radius 2 is 1.90 bits per heavy atom. The van der Waals surface area contributed by atoms with Gasteiger partial charge in [-0.05, 0) is 36.6 Å². The van der Waals surface area contributed by atoms with Crippen molar-refractivity contribution in [1.29, 1.82) is 0 Å². The zero-order chi connectivity index (χ0) is 16.0. The van der Waals surface area contributed by atoms with Crippen LogP contribution in [0.25, 0.3) is 0 Å². The molecule has 118 valence electrons. The van der Waals surface area contributed by atoms with Gasteiger partial charge in [-0.15, -0.1) is 0 Å². The van der Waals surface area contributed by atoms with E-state index in [0.29, 0.717) is 12.2 Å². The van der Waals surface area contributed by atoms with Gasteiger partial charge in [0.05, 0.1) is 7.11 Å². The van der Waals surface area contributed by atoms with Gasteiger partial charge in [0.15, 0.2) is 0 Å². The highest BCUT2D eigenvalue weighted by Crippen LogP contribution is 2.40. The van der Waals surface area contributed by atoms with Crippen LogP contribution in [0.3, 0.4) is 0 Å². The number of nitrogens with one attached hydrogen (secondary N) is 1. The number of ether oxygens (including phenoxy) is 1. The second kappa shape index (κ2) is 7.97. The monoisotopic (exact) mass is 377 g/mol. The van der Waals surface area contributed by atoms with E-state index in [4.69, 9.17) is 9.26 Å². The maximum atomic E-state index is 12.5. The summed E-state index contributed by atoms with van der Waals surface area (Å²) >= 11 is 3.32. The van der Waals surface area contributed by atoms with Gasteiger partial charge in [0, 0.05) is 11.1 Å². The van der Waals surface area contributed by atoms with Gasteiger partial charge in [0.2, 0.25) is 0 Å². The van der Waals surface area contributed by atoms with Crippen molar-refractivity contribution in [3.8, 4) is 5.75 Å². The van der Waals surface area contributed by atoms with E-state index in [-0.39, 0.29) is 5.92 Å². The van der Waals surface area contributed by atoms with E-state index in [2.05, 4.69) is 21.0 Å². The molecule has 5 nitrogen and oxygen atoms in total. The molecule has 0 aromatic heterocycles. The summed E-state index contributed by atoms with van der Waals surface area (Å²) in [6.45, 7) is 5.41. The molecule has 1 aromatic carbocycles. The predicted octanol–water partition coefficient (Wildman–Crippen LogP) is 3.83. The van der Waals surface area contributed by atoms with Crippen LogP contribution in [-0.2, 0) is 14.1 Å². The van der Waals surface area contributed by atoms with Crippen molar-refractivity contribution >= 4 is 29.4 Å². The summed E-state index contributed by atoms with van der Waals surface area (Å²) in [5.41, 5.74) is 0. The van der Waals surface area contributed by atoms with E-state index < -0.39 is 19.5 Å². The lowest BCUT2D eigenvalue weighted by atomic mass is 10.1. The molecule has 21 heavy (non-hydrogen) atoms. The number of benzene rings is 1. The van der Waals surface area contributed by atoms with Crippen molar-refractivity contribution in [2.24, 2.45) is 5.92 Å². The fourth-order valence-electron chi connectivity index (χ4n) is 1.82. The SMILES string of the molecule is COC(=O)C(CC(C)C)NP(C)(=O)Oc1ccc(Br)cc1. The molecule has 1 rings (SSSR count). The number of esters is 1. The zero-order valence-electron chi connectivity index (χ0n) is 12.6. The Labute approximate surface area is 134 Å². The first-order valence-corrected chi connectivity index (χ1v) is 9.48. The summed E-state index contributed by atoms with van der Waals surface area (Å²) in [6, 6.07) is 6.35. The fraction of sp³-hybridized carbons (Fsp3) is 0.500. The summed E-state index contributed by atoms with van der Waals surface area (Å²) in [5, 5.41) is 2.79. The first-order chi connectivity index (χ1) is 9.73. The minimum Gasteiger partial charge on any atom is -0.468 e. The largest absolute Gasteiger partial charge is 0.468 e. The maximum Gasteiger partial charge on any atom is 0.323 e. The summed E-state index contributed by atoms with van der Waals surface area (Å²) in [5.74, 6) is 0.296. The summed E-state index contributed by atoms with van der Waals surface area (Å²) in [4.78, 5) is 11.8. The number of rotatable bonds is 7. The molecular formula is C14H21BrNO4P. The molecule has 0 bridgehead atoms. The van der Waals surface area contributed by atoms with Gasteiger partial charge < -0.3 is 9.26 Å². The Hall–Kier alpha value is -0.840. The van der Waals surface area contributed by atoms with Gasteiger partial charge in [0.1, 0.15) is 11.8 Å². The summed E-state index contributed by atoms with van der Waals surface area (Å²) in [7, 11) is -1.86. The molecule has 0 heterocycles. The van der Waals surface area contributed by atoms with Gasteiger partial charge in [-0.1, -0.05) is 29.8 Å². The highest BCUT2D eigenvalue weighted by Gasteiger charge is 2.28. The number of carbonyl (C=O) groups excluding carboxylic acids is 1. The molecular weight excluding hydrogens is 357 g/mol. The first kappa shape index (κ1) is 18.2. The van der Waals surface area contributed by atoms with Crippen molar-refractivity contribution in [2.75, 3.05) is 13.8 Å². The number of carbonyl (C=O) groups is 1. The number of halogens is 1. The third-order valence-electron chi connectivity index (χ3n) is 2.68. The van der Waals surface area contributed by atoms with Crippen LogP contribution >= 0.6 is 23.4 Å². The van der Waals surface area contributed by atoms with E-state index in [1.54, 1.807) is 24.3 Å². The third-order valence-corrected chi connectivity index (χ3v) is 4.54. The Balaban J connectivity index is 2.77. The third kappa shape index (κ3) is 6.64. The van der Waals surface area contributed by atoms with Crippen LogP contribution in [-0.4, -0.2) is 25.8 Å². The lowest BCUT2D eigenvalue weighted by molar-refractivity contribution is -0.143. The van der Waals surface area contributed by atoms with Gasteiger partial charge in [-0.3, -0.25) is 9.36 Å². The lowest BCUT2D eigenvalue weighted by Gasteiger charge is -2.23. The Kier molecular flexibility index (Phi) is 6.91. The Morgan fingerprint density at radius 1 is 1.33 bits per heavy atom. The summed E-state index contributed by atoms with van der Waals surface area (Å²) < 4.78 is 23.7. The van der Waals surface area contributed by atoms with Crippen LogP contribution in [0, 0.1) is 5.92 Å². The highest BCUT2D eigenvalue weighted by molar-refractivity contribution is 9.10. The molecule has 0 aliphatic carbocycles. The molecule has 0 saturated carbocycles. The Morgan fingerprint density at radius 3 is 2.38 bits per heavy atom. The predicted molar refractivity (Wildman–Crippen MR) is 86.7 cm³/mol. The van der Waals surface area contributed by atoms with Gasteiger partial charge >= 0.3 is 13.5 Å². The number of methoxy groups -OCH3 is 1. The fourth-order valence-corrected chi connectivity index (χ4v) is 3.44. The standard InChI is InChI=1S/C14H21BrNO4P/c1-10(2)9-13(14(17)19-3)16-21(4,18)20-12-7-5-11(15)6-8-12/h5-8,10,13H,9H2,1-4H3,(H,16,18). The molecule has 0 spiro atoms. The highest BCUT2D eigenvalue weighted by atomic mass is 79.9. The van der Waals surface area contributed by atoms with Crippen LogP contribution < -0.4 is 9.61 Å². The quantitative estimate of drug-likeness (QED) is 0.577. The minimum atomic E-state index is -3.18. The molecule has 2 atom stereocenters. The first-order valence-electron chi connectivity index (χ1n) is 6.62. The molecule has 1 aromatic rings. The van der Waals surface area contributed by atoms with E-state index in [1.165, 1.54) is 13.8 Å². The van der Waals surface area contributed by atoms with Crippen LogP contribution in [0.2, 0.25) is 0 Å². The lowest BCUT2D eigenvalue weighted by Crippen LogP contribution is -2.37. The van der Waals surface area contributed by atoms with Crippen LogP contribution in [0.4, 0.5) is 0 Å². The van der Waals surface area contributed by atoms with Gasteiger partial charge in [-0.25, -0.2) is 5.09 Å². The zero-order valence-corrected chi connectivity index (χ0v) is 15.1. The molecule has 2 unspecified atom stereocenters. The van der Waals surface area contributed by atoms with Crippen LogP contribution in [0.5, 0.6) is 5.75 Å². The average molecular weight is 378 g/mol. The van der Waals surface area contributed by atoms with Gasteiger partial charge in [-0.2, -0.15) is 0 Å². The molecule has 0 saturated heterocycles. The molecule has 0 fully saturated rings. The molecule has 0 aliphatic heterocycles. The van der Waals surface area contributed by atoms with Crippen LogP contribution in [0.1, 0.15) is 20.3 Å². The molecule has 0 aliphatic rings. The van der Waals surface area contributed by atoms with E-state index >= 15 is 0 Å². The van der Waals surface area contributed by atoms with Crippen molar-refractivity contribution in [1.82, 2.24) is 5.09 Å². The van der Waals surface area contributed by atoms with Crippen molar-refractivity contribution in [3.63, 3.8) is 0 Å². The van der Waals surface area contributed by atoms with E-state index in [1.807, 2.05) is 13.8 Å². The smallest absolute Gasteiger partial charge is 0.323 e. The molecule has 0 amide bonds. The molecule has 0 radical (unpaired) electrons. The van der Waals surface area contributed by atoms with Crippen molar-refractivity contribution in [3.05, 3.63) is 28.7 Å². The normalized spacial score (nSPS) is 15.3. The maximum absolute atomic E-state index is 12.5. The minimum absolute atomic E-state index is 0.259.